The Morgan fingerprint density at radius 3 is 3.04 bits per heavy atom. The molecule has 1 atom stereocenters. The topological polar surface area (TPSA) is 51.2 Å². The van der Waals surface area contributed by atoms with Gasteiger partial charge in [0.15, 0.2) is 0 Å². The standard InChI is InChI=1S/C17H16Cl2N2O2/c1-10-7-11(18)8-15(19)14(10)9-21-16(22)12-4-6-23-17-13(12)3-2-5-20-17/h2-3,5,7-8,12H,4,6,9H2,1H3,(H,21,22)/t12-/m0/s1. The highest BCUT2D eigenvalue weighted by Gasteiger charge is 2.28. The van der Waals surface area contributed by atoms with E-state index in [0.29, 0.717) is 35.5 Å². The van der Waals surface area contributed by atoms with Crippen LogP contribution in [0.15, 0.2) is 30.5 Å². The molecule has 1 N–H and O–H groups in total. The van der Waals surface area contributed by atoms with E-state index in [4.69, 9.17) is 27.9 Å². The maximum Gasteiger partial charge on any atom is 0.228 e. The van der Waals surface area contributed by atoms with Crippen molar-refractivity contribution in [3.8, 4) is 5.88 Å². The normalized spacial score (nSPS) is 16.4. The average Bonchev–Trinajstić information content (AvgIpc) is 2.53. The molecule has 3 rings (SSSR count). The molecule has 1 aliphatic rings. The number of hydrogen-bond acceptors (Lipinski definition) is 3. The van der Waals surface area contributed by atoms with Crippen LogP contribution in [0.4, 0.5) is 0 Å². The van der Waals surface area contributed by atoms with Crippen molar-refractivity contribution in [1.82, 2.24) is 10.3 Å². The molecule has 2 aromatic rings. The molecule has 0 fully saturated rings. The number of aromatic nitrogens is 1. The second-order valence-electron chi connectivity index (χ2n) is 5.49. The first-order valence-electron chi connectivity index (χ1n) is 7.36. The fourth-order valence-electron chi connectivity index (χ4n) is 2.75. The first-order chi connectivity index (χ1) is 11.1. The van der Waals surface area contributed by atoms with Gasteiger partial charge >= 0.3 is 0 Å². The number of carbonyl (C=O) groups excluding carboxylic acids is 1. The second-order valence-corrected chi connectivity index (χ2v) is 6.33. The van der Waals surface area contributed by atoms with Gasteiger partial charge in [0.1, 0.15) is 0 Å². The number of nitrogens with one attached hydrogen (secondary N) is 1. The van der Waals surface area contributed by atoms with E-state index in [-0.39, 0.29) is 11.8 Å². The Bertz CT molecular complexity index is 726. The van der Waals surface area contributed by atoms with Crippen LogP contribution in [-0.2, 0) is 11.3 Å². The molecule has 0 unspecified atom stereocenters. The number of nitrogens with zero attached hydrogens (tertiary/aromatic N) is 1. The summed E-state index contributed by atoms with van der Waals surface area (Å²) in [5.74, 6) is 0.242. The molecule has 120 valence electrons. The molecule has 0 bridgehead atoms. The van der Waals surface area contributed by atoms with Crippen molar-refractivity contribution in [2.24, 2.45) is 0 Å². The monoisotopic (exact) mass is 350 g/mol. The van der Waals surface area contributed by atoms with Crippen LogP contribution in [0.25, 0.3) is 0 Å². The summed E-state index contributed by atoms with van der Waals surface area (Å²) >= 11 is 12.2. The summed E-state index contributed by atoms with van der Waals surface area (Å²) in [6, 6.07) is 7.22. The minimum atomic E-state index is -0.251. The zero-order chi connectivity index (χ0) is 16.4. The molecule has 1 aromatic heterocycles. The van der Waals surface area contributed by atoms with E-state index in [1.165, 1.54) is 0 Å². The van der Waals surface area contributed by atoms with Gasteiger partial charge in [-0.1, -0.05) is 29.3 Å². The summed E-state index contributed by atoms with van der Waals surface area (Å²) in [7, 11) is 0. The Balaban J connectivity index is 1.74. The van der Waals surface area contributed by atoms with Crippen molar-refractivity contribution in [2.75, 3.05) is 6.61 Å². The third-order valence-corrected chi connectivity index (χ3v) is 4.52. The lowest BCUT2D eigenvalue weighted by molar-refractivity contribution is -0.123. The predicted molar refractivity (Wildman–Crippen MR) is 90.1 cm³/mol. The van der Waals surface area contributed by atoms with Crippen molar-refractivity contribution >= 4 is 29.1 Å². The minimum absolute atomic E-state index is 0.0482. The summed E-state index contributed by atoms with van der Waals surface area (Å²) in [6.07, 6.45) is 2.30. The zero-order valence-electron chi connectivity index (χ0n) is 12.6. The number of carbonyl (C=O) groups is 1. The lowest BCUT2D eigenvalue weighted by Crippen LogP contribution is -2.32. The highest BCUT2D eigenvalue weighted by atomic mass is 35.5. The lowest BCUT2D eigenvalue weighted by atomic mass is 9.94. The third kappa shape index (κ3) is 3.43. The molecule has 23 heavy (non-hydrogen) atoms. The highest BCUT2D eigenvalue weighted by Crippen LogP contribution is 2.32. The summed E-state index contributed by atoms with van der Waals surface area (Å²) in [5, 5.41) is 4.11. The third-order valence-electron chi connectivity index (χ3n) is 3.96. The van der Waals surface area contributed by atoms with E-state index < -0.39 is 0 Å². The maximum atomic E-state index is 12.6. The van der Waals surface area contributed by atoms with E-state index in [9.17, 15) is 4.79 Å². The van der Waals surface area contributed by atoms with Crippen LogP contribution in [0.5, 0.6) is 5.88 Å². The molecule has 0 saturated carbocycles. The van der Waals surface area contributed by atoms with Gasteiger partial charge in [-0.05, 0) is 42.7 Å². The van der Waals surface area contributed by atoms with Crippen LogP contribution < -0.4 is 10.1 Å². The average molecular weight is 351 g/mol. The van der Waals surface area contributed by atoms with Gasteiger partial charge in [0.05, 0.1) is 12.5 Å². The van der Waals surface area contributed by atoms with E-state index in [2.05, 4.69) is 10.3 Å². The number of rotatable bonds is 3. The fourth-order valence-corrected chi connectivity index (χ4v) is 3.41. The lowest BCUT2D eigenvalue weighted by Gasteiger charge is -2.24. The maximum absolute atomic E-state index is 12.6. The van der Waals surface area contributed by atoms with Crippen molar-refractivity contribution in [1.29, 1.82) is 0 Å². The molecule has 0 saturated heterocycles. The van der Waals surface area contributed by atoms with E-state index in [1.807, 2.05) is 25.1 Å². The predicted octanol–water partition coefficient (Wildman–Crippen LogP) is 3.88. The Morgan fingerprint density at radius 1 is 1.43 bits per heavy atom. The number of ether oxygens (including phenoxy) is 1. The molecular weight excluding hydrogens is 335 g/mol. The zero-order valence-corrected chi connectivity index (χ0v) is 14.1. The first-order valence-corrected chi connectivity index (χ1v) is 8.12. The first kappa shape index (κ1) is 16.1. The summed E-state index contributed by atoms with van der Waals surface area (Å²) < 4.78 is 5.49. The molecule has 4 nitrogen and oxygen atoms in total. The van der Waals surface area contributed by atoms with Gasteiger partial charge in [-0.25, -0.2) is 4.98 Å². The van der Waals surface area contributed by atoms with Gasteiger partial charge in [-0.3, -0.25) is 4.79 Å². The molecule has 6 heteroatoms. The Labute approximate surface area is 144 Å². The van der Waals surface area contributed by atoms with Crippen LogP contribution in [-0.4, -0.2) is 17.5 Å². The molecule has 1 aliphatic heterocycles. The minimum Gasteiger partial charge on any atom is -0.477 e. The number of amides is 1. The van der Waals surface area contributed by atoms with Gasteiger partial charge < -0.3 is 10.1 Å². The number of hydrogen-bond donors (Lipinski definition) is 1. The summed E-state index contributed by atoms with van der Waals surface area (Å²) in [5.41, 5.74) is 2.66. The molecular formula is C17H16Cl2N2O2. The Hall–Kier alpha value is -1.78. The van der Waals surface area contributed by atoms with Gasteiger partial charge in [-0.2, -0.15) is 0 Å². The van der Waals surface area contributed by atoms with Crippen molar-refractivity contribution in [2.45, 2.75) is 25.8 Å². The number of fused-ring (bicyclic) bond motifs is 1. The Kier molecular flexibility index (Phi) is 4.74. The van der Waals surface area contributed by atoms with Crippen molar-refractivity contribution in [3.05, 3.63) is 57.2 Å². The second kappa shape index (κ2) is 6.77. The molecule has 0 radical (unpaired) electrons. The van der Waals surface area contributed by atoms with E-state index in [0.717, 1.165) is 16.7 Å². The van der Waals surface area contributed by atoms with Crippen LogP contribution in [0.2, 0.25) is 10.0 Å². The summed E-state index contributed by atoms with van der Waals surface area (Å²) in [4.78, 5) is 16.7. The van der Waals surface area contributed by atoms with Crippen LogP contribution in [0.1, 0.15) is 29.0 Å². The Morgan fingerprint density at radius 2 is 2.26 bits per heavy atom. The van der Waals surface area contributed by atoms with E-state index in [1.54, 1.807) is 12.3 Å². The molecule has 1 amide bonds. The van der Waals surface area contributed by atoms with Gasteiger partial charge in [0.2, 0.25) is 11.8 Å². The number of aryl methyl sites for hydroxylation is 1. The largest absolute Gasteiger partial charge is 0.477 e. The van der Waals surface area contributed by atoms with Crippen LogP contribution in [0, 0.1) is 6.92 Å². The molecule has 0 spiro atoms. The number of halogens is 2. The summed E-state index contributed by atoms with van der Waals surface area (Å²) in [6.45, 7) is 2.78. The quantitative estimate of drug-likeness (QED) is 0.913. The smallest absolute Gasteiger partial charge is 0.228 e. The van der Waals surface area contributed by atoms with Gasteiger partial charge in [0, 0.05) is 28.4 Å². The van der Waals surface area contributed by atoms with Gasteiger partial charge in [-0.15, -0.1) is 0 Å². The van der Waals surface area contributed by atoms with Crippen LogP contribution >= 0.6 is 23.2 Å². The molecule has 1 aromatic carbocycles. The highest BCUT2D eigenvalue weighted by molar-refractivity contribution is 6.35. The van der Waals surface area contributed by atoms with Crippen molar-refractivity contribution in [3.63, 3.8) is 0 Å². The van der Waals surface area contributed by atoms with E-state index >= 15 is 0 Å². The van der Waals surface area contributed by atoms with Gasteiger partial charge in [0.25, 0.3) is 0 Å². The number of pyridine rings is 1. The fraction of sp³-hybridized carbons (Fsp3) is 0.294. The van der Waals surface area contributed by atoms with Crippen molar-refractivity contribution < 1.29 is 9.53 Å². The SMILES string of the molecule is Cc1cc(Cl)cc(Cl)c1CNC(=O)[C@H]1CCOc2ncccc21. The molecule has 0 aliphatic carbocycles. The van der Waals surface area contributed by atoms with Crippen LogP contribution in [0.3, 0.4) is 0 Å². The molecule has 2 heterocycles. The number of benzene rings is 1.